The Morgan fingerprint density at radius 1 is 0.963 bits per heavy atom. The molecule has 134 valence electrons. The van der Waals surface area contributed by atoms with Gasteiger partial charge in [-0.05, 0) is 41.0 Å². The minimum atomic E-state index is -0.525. The lowest BCUT2D eigenvalue weighted by Gasteiger charge is -2.20. The molecule has 27 heavy (non-hydrogen) atoms. The van der Waals surface area contributed by atoms with E-state index in [4.69, 9.17) is 21.6 Å². The van der Waals surface area contributed by atoms with Crippen molar-refractivity contribution in [2.75, 3.05) is 0 Å². The summed E-state index contributed by atoms with van der Waals surface area (Å²) in [6.45, 7) is 0.188. The molecule has 0 spiro atoms. The fourth-order valence-electron chi connectivity index (χ4n) is 2.65. The summed E-state index contributed by atoms with van der Waals surface area (Å²) in [7, 11) is 0. The van der Waals surface area contributed by atoms with Crippen LogP contribution >= 0.6 is 11.6 Å². The van der Waals surface area contributed by atoms with Crippen LogP contribution in [-0.4, -0.2) is 6.09 Å². The lowest BCUT2D eigenvalue weighted by Crippen LogP contribution is -2.29. The predicted octanol–water partition coefficient (Wildman–Crippen LogP) is 5.23. The predicted molar refractivity (Wildman–Crippen MR) is 104 cm³/mol. The number of nitrogens with zero attached hydrogens (tertiary/aromatic N) is 1. The second-order valence-electron chi connectivity index (χ2n) is 5.92. The number of ether oxygens (including phenoxy) is 1. The maximum atomic E-state index is 12.4. The Balaban J connectivity index is 1.77. The van der Waals surface area contributed by atoms with Crippen LogP contribution in [0.15, 0.2) is 78.9 Å². The highest BCUT2D eigenvalue weighted by molar-refractivity contribution is 6.30. The van der Waals surface area contributed by atoms with Gasteiger partial charge in [0.2, 0.25) is 0 Å². The van der Waals surface area contributed by atoms with E-state index in [0.29, 0.717) is 10.6 Å². The summed E-state index contributed by atoms with van der Waals surface area (Å²) in [4.78, 5) is 12.4. The van der Waals surface area contributed by atoms with E-state index in [1.807, 2.05) is 54.6 Å². The standard InChI is InChI=1S/C22H17ClN2O2/c23-20-12-10-19(11-13-20)21(18-8-6-16(14-24)7-9-18)25-22(26)27-15-17-4-2-1-3-5-17/h1-13,21H,15H2,(H,25,26). The quantitative estimate of drug-likeness (QED) is 0.663. The summed E-state index contributed by atoms with van der Waals surface area (Å²) in [6, 6.07) is 25.5. The molecule has 1 N–H and O–H groups in total. The summed E-state index contributed by atoms with van der Waals surface area (Å²) in [5.41, 5.74) is 3.17. The number of nitriles is 1. The molecule has 0 aliphatic heterocycles. The van der Waals surface area contributed by atoms with Gasteiger partial charge in [0.05, 0.1) is 17.7 Å². The Kier molecular flexibility index (Phi) is 6.09. The fraction of sp³-hybridized carbons (Fsp3) is 0.0909. The third kappa shape index (κ3) is 5.10. The van der Waals surface area contributed by atoms with Gasteiger partial charge in [-0.25, -0.2) is 4.79 Å². The number of hydrogen-bond acceptors (Lipinski definition) is 3. The third-order valence-corrected chi connectivity index (χ3v) is 4.30. The van der Waals surface area contributed by atoms with E-state index in [0.717, 1.165) is 16.7 Å². The number of alkyl carbamates (subject to hydrolysis) is 1. The fourth-order valence-corrected chi connectivity index (χ4v) is 2.77. The molecule has 0 bridgehead atoms. The molecule has 0 aromatic heterocycles. The van der Waals surface area contributed by atoms with Crippen LogP contribution in [0.1, 0.15) is 28.3 Å². The van der Waals surface area contributed by atoms with Crippen molar-refractivity contribution in [2.24, 2.45) is 0 Å². The number of carbonyl (C=O) groups excluding carboxylic acids is 1. The molecule has 0 heterocycles. The molecular formula is C22H17ClN2O2. The highest BCUT2D eigenvalue weighted by Gasteiger charge is 2.18. The first kappa shape index (κ1) is 18.5. The molecule has 3 aromatic rings. The Labute approximate surface area is 163 Å². The molecule has 0 fully saturated rings. The van der Waals surface area contributed by atoms with Crippen LogP contribution in [0.3, 0.4) is 0 Å². The molecule has 0 saturated carbocycles. The van der Waals surface area contributed by atoms with Gasteiger partial charge in [-0.2, -0.15) is 5.26 Å². The van der Waals surface area contributed by atoms with Gasteiger partial charge in [0, 0.05) is 5.02 Å². The van der Waals surface area contributed by atoms with Crippen LogP contribution in [0.5, 0.6) is 0 Å². The van der Waals surface area contributed by atoms with Crippen molar-refractivity contribution in [3.63, 3.8) is 0 Å². The number of rotatable bonds is 5. The van der Waals surface area contributed by atoms with E-state index in [9.17, 15) is 4.79 Å². The molecule has 0 radical (unpaired) electrons. The van der Waals surface area contributed by atoms with Gasteiger partial charge in [-0.3, -0.25) is 0 Å². The lowest BCUT2D eigenvalue weighted by atomic mass is 9.98. The SMILES string of the molecule is N#Cc1ccc(C(NC(=O)OCc2ccccc2)c2ccc(Cl)cc2)cc1. The molecule has 3 rings (SSSR count). The van der Waals surface area contributed by atoms with Crippen molar-refractivity contribution in [1.82, 2.24) is 5.32 Å². The topological polar surface area (TPSA) is 62.1 Å². The minimum Gasteiger partial charge on any atom is -0.445 e. The van der Waals surface area contributed by atoms with Crippen molar-refractivity contribution >= 4 is 17.7 Å². The summed E-state index contributed by atoms with van der Waals surface area (Å²) < 4.78 is 5.34. The number of hydrogen-bond donors (Lipinski definition) is 1. The monoisotopic (exact) mass is 376 g/mol. The third-order valence-electron chi connectivity index (χ3n) is 4.05. The van der Waals surface area contributed by atoms with E-state index >= 15 is 0 Å². The lowest BCUT2D eigenvalue weighted by molar-refractivity contribution is 0.137. The maximum absolute atomic E-state index is 12.4. The maximum Gasteiger partial charge on any atom is 0.408 e. The zero-order valence-electron chi connectivity index (χ0n) is 14.4. The first-order valence-electron chi connectivity index (χ1n) is 8.38. The Hall–Kier alpha value is -3.29. The zero-order valence-corrected chi connectivity index (χ0v) is 15.2. The van der Waals surface area contributed by atoms with Crippen molar-refractivity contribution in [3.05, 3.63) is 106 Å². The van der Waals surface area contributed by atoms with Gasteiger partial charge in [0.15, 0.2) is 0 Å². The molecule has 1 atom stereocenters. The van der Waals surface area contributed by atoms with Crippen molar-refractivity contribution in [1.29, 1.82) is 5.26 Å². The first-order chi connectivity index (χ1) is 13.2. The van der Waals surface area contributed by atoms with E-state index < -0.39 is 12.1 Å². The van der Waals surface area contributed by atoms with Crippen LogP contribution in [-0.2, 0) is 11.3 Å². The zero-order chi connectivity index (χ0) is 19.1. The molecule has 5 heteroatoms. The van der Waals surface area contributed by atoms with Crippen LogP contribution < -0.4 is 5.32 Å². The van der Waals surface area contributed by atoms with E-state index in [2.05, 4.69) is 11.4 Å². The largest absolute Gasteiger partial charge is 0.445 e. The molecule has 0 aliphatic carbocycles. The van der Waals surface area contributed by atoms with Crippen molar-refractivity contribution in [3.8, 4) is 6.07 Å². The molecule has 0 aliphatic rings. The van der Waals surface area contributed by atoms with Gasteiger partial charge in [-0.15, -0.1) is 0 Å². The van der Waals surface area contributed by atoms with Crippen molar-refractivity contribution < 1.29 is 9.53 Å². The Bertz CT molecular complexity index is 933. The molecular weight excluding hydrogens is 360 g/mol. The van der Waals surface area contributed by atoms with Gasteiger partial charge < -0.3 is 10.1 Å². The van der Waals surface area contributed by atoms with E-state index in [-0.39, 0.29) is 6.61 Å². The van der Waals surface area contributed by atoms with Crippen molar-refractivity contribution in [2.45, 2.75) is 12.6 Å². The summed E-state index contributed by atoms with van der Waals surface area (Å²) in [5.74, 6) is 0. The van der Waals surface area contributed by atoms with Crippen LogP contribution in [0.25, 0.3) is 0 Å². The highest BCUT2D eigenvalue weighted by Crippen LogP contribution is 2.24. The van der Waals surface area contributed by atoms with Crippen LogP contribution in [0, 0.1) is 11.3 Å². The average molecular weight is 377 g/mol. The minimum absolute atomic E-state index is 0.188. The summed E-state index contributed by atoms with van der Waals surface area (Å²) in [6.07, 6.45) is -0.525. The number of amides is 1. The molecule has 0 saturated heterocycles. The second kappa shape index (κ2) is 8.88. The van der Waals surface area contributed by atoms with Crippen LogP contribution in [0.2, 0.25) is 5.02 Å². The highest BCUT2D eigenvalue weighted by atomic mass is 35.5. The number of nitrogens with one attached hydrogen (secondary N) is 1. The Morgan fingerprint density at radius 3 is 2.15 bits per heavy atom. The second-order valence-corrected chi connectivity index (χ2v) is 6.36. The van der Waals surface area contributed by atoms with E-state index in [1.165, 1.54) is 0 Å². The van der Waals surface area contributed by atoms with Crippen LogP contribution in [0.4, 0.5) is 4.79 Å². The van der Waals surface area contributed by atoms with Gasteiger partial charge in [0.1, 0.15) is 6.61 Å². The summed E-state index contributed by atoms with van der Waals surface area (Å²) in [5, 5.41) is 12.5. The Morgan fingerprint density at radius 2 is 1.56 bits per heavy atom. The molecule has 1 amide bonds. The molecule has 4 nitrogen and oxygen atoms in total. The first-order valence-corrected chi connectivity index (χ1v) is 8.76. The van der Waals surface area contributed by atoms with E-state index in [1.54, 1.807) is 24.3 Å². The van der Waals surface area contributed by atoms with Gasteiger partial charge >= 0.3 is 6.09 Å². The molecule has 3 aromatic carbocycles. The number of carbonyl (C=O) groups is 1. The number of benzene rings is 3. The average Bonchev–Trinajstić information content (AvgIpc) is 2.72. The van der Waals surface area contributed by atoms with Gasteiger partial charge in [0.25, 0.3) is 0 Å². The number of halogens is 1. The van der Waals surface area contributed by atoms with Gasteiger partial charge in [-0.1, -0.05) is 66.2 Å². The molecule has 1 unspecified atom stereocenters. The smallest absolute Gasteiger partial charge is 0.408 e. The normalized spacial score (nSPS) is 11.3. The summed E-state index contributed by atoms with van der Waals surface area (Å²) >= 11 is 5.98.